The fraction of sp³-hybridized carbons (Fsp3) is 0.551. The second-order valence-electron chi connectivity index (χ2n) is 18.8. The fourth-order valence-electron chi connectivity index (χ4n) is 7.37. The molecule has 6 nitrogen and oxygen atoms in total. The largest absolute Gasteiger partial charge is 0.462 e. The average Bonchev–Trinajstić information content (AvgIpc) is 3.41. The monoisotopic (exact) mass is 1030 g/mol. The number of hydrogen-bond acceptors (Lipinski definition) is 6. The van der Waals surface area contributed by atoms with Crippen molar-refractivity contribution in [2.45, 2.75) is 232 Å². The van der Waals surface area contributed by atoms with Gasteiger partial charge in [0.25, 0.3) is 0 Å². The predicted molar refractivity (Wildman–Crippen MR) is 325 cm³/mol. The molecular weight excluding hydrogens is 925 g/mol. The molecule has 0 heterocycles. The Labute approximate surface area is 460 Å². The predicted octanol–water partition coefficient (Wildman–Crippen LogP) is 20.3. The van der Waals surface area contributed by atoms with Crippen molar-refractivity contribution in [3.8, 4) is 0 Å². The van der Waals surface area contributed by atoms with Gasteiger partial charge in [0.2, 0.25) is 0 Å². The van der Waals surface area contributed by atoms with Crippen molar-refractivity contribution in [2.75, 3.05) is 13.2 Å². The molecule has 6 heteroatoms. The summed E-state index contributed by atoms with van der Waals surface area (Å²) in [6.45, 7) is 6.22. The van der Waals surface area contributed by atoms with E-state index in [0.717, 1.165) is 186 Å². The Morgan fingerprint density at radius 1 is 0.267 bits per heavy atom. The summed E-state index contributed by atoms with van der Waals surface area (Å²) in [5.41, 5.74) is 0. The van der Waals surface area contributed by atoms with Gasteiger partial charge in [-0.1, -0.05) is 229 Å². The van der Waals surface area contributed by atoms with E-state index in [1.807, 2.05) is 0 Å². The third kappa shape index (κ3) is 59.5. The highest BCUT2D eigenvalue weighted by molar-refractivity contribution is 5.71. The van der Waals surface area contributed by atoms with Gasteiger partial charge in [-0.2, -0.15) is 0 Å². The number of unbranched alkanes of at least 4 members (excludes halogenated alkanes) is 12. The molecule has 0 aliphatic carbocycles. The van der Waals surface area contributed by atoms with Gasteiger partial charge in [-0.3, -0.25) is 14.4 Å². The first-order valence-corrected chi connectivity index (χ1v) is 29.6. The molecule has 0 bridgehead atoms. The first-order chi connectivity index (χ1) is 37.0. The Kier molecular flexibility index (Phi) is 57.0. The molecule has 0 aromatic heterocycles. The van der Waals surface area contributed by atoms with Crippen molar-refractivity contribution in [2.24, 2.45) is 0 Å². The summed E-state index contributed by atoms with van der Waals surface area (Å²) in [6.07, 6.45) is 90.6. The summed E-state index contributed by atoms with van der Waals surface area (Å²) in [4.78, 5) is 38.2. The molecule has 0 aliphatic heterocycles. The third-order valence-corrected chi connectivity index (χ3v) is 11.7. The summed E-state index contributed by atoms with van der Waals surface area (Å²) in [5, 5.41) is 0. The van der Waals surface area contributed by atoms with E-state index < -0.39 is 6.10 Å². The molecule has 0 rings (SSSR count). The highest BCUT2D eigenvalue weighted by Crippen LogP contribution is 2.12. The topological polar surface area (TPSA) is 78.9 Å². The molecule has 0 radical (unpaired) electrons. The number of esters is 3. The van der Waals surface area contributed by atoms with Crippen LogP contribution in [0.3, 0.4) is 0 Å². The van der Waals surface area contributed by atoms with Gasteiger partial charge in [-0.25, -0.2) is 0 Å². The van der Waals surface area contributed by atoms with E-state index in [-0.39, 0.29) is 37.5 Å². The second-order valence-corrected chi connectivity index (χ2v) is 18.8. The van der Waals surface area contributed by atoms with Gasteiger partial charge in [0.1, 0.15) is 13.2 Å². The molecule has 0 aromatic carbocycles. The number of ether oxygens (including phenoxy) is 3. The Morgan fingerprint density at radius 3 is 0.760 bits per heavy atom. The molecule has 0 amide bonds. The summed E-state index contributed by atoms with van der Waals surface area (Å²) in [6, 6.07) is 0. The van der Waals surface area contributed by atoms with Crippen molar-refractivity contribution >= 4 is 17.9 Å². The maximum atomic E-state index is 12.9. The molecule has 75 heavy (non-hydrogen) atoms. The van der Waals surface area contributed by atoms with Crippen LogP contribution in [0, 0.1) is 0 Å². The van der Waals surface area contributed by atoms with Crippen LogP contribution in [0.15, 0.2) is 170 Å². The van der Waals surface area contributed by atoms with E-state index >= 15 is 0 Å². The zero-order valence-electron chi connectivity index (χ0n) is 47.7. The lowest BCUT2D eigenvalue weighted by molar-refractivity contribution is -0.167. The maximum Gasteiger partial charge on any atom is 0.306 e. The van der Waals surface area contributed by atoms with Crippen LogP contribution < -0.4 is 0 Å². The lowest BCUT2D eigenvalue weighted by atomic mass is 10.1. The van der Waals surface area contributed by atoms with Crippen LogP contribution in [-0.4, -0.2) is 37.2 Å². The molecule has 0 saturated carbocycles. The molecule has 0 fully saturated rings. The normalized spacial score (nSPS) is 13.4. The van der Waals surface area contributed by atoms with Crippen LogP contribution in [-0.2, 0) is 28.6 Å². The molecule has 0 aliphatic rings. The van der Waals surface area contributed by atoms with Crippen LogP contribution in [0.25, 0.3) is 0 Å². The van der Waals surface area contributed by atoms with E-state index in [2.05, 4.69) is 191 Å². The number of rotatable bonds is 51. The number of hydrogen-bond donors (Lipinski definition) is 0. The minimum absolute atomic E-state index is 0.116. The first-order valence-electron chi connectivity index (χ1n) is 29.6. The molecule has 0 aromatic rings. The lowest BCUT2D eigenvalue weighted by Crippen LogP contribution is -2.30. The Hall–Kier alpha value is -5.23. The minimum Gasteiger partial charge on any atom is -0.462 e. The highest BCUT2D eigenvalue weighted by atomic mass is 16.6. The fourth-order valence-corrected chi connectivity index (χ4v) is 7.37. The lowest BCUT2D eigenvalue weighted by Gasteiger charge is -2.18. The van der Waals surface area contributed by atoms with Crippen LogP contribution in [0.5, 0.6) is 0 Å². The zero-order chi connectivity index (χ0) is 54.3. The van der Waals surface area contributed by atoms with Crippen molar-refractivity contribution < 1.29 is 28.6 Å². The smallest absolute Gasteiger partial charge is 0.306 e. The minimum atomic E-state index is -0.823. The van der Waals surface area contributed by atoms with Crippen LogP contribution >= 0.6 is 0 Å². The average molecular weight is 1030 g/mol. The molecular formula is C69H106O6. The van der Waals surface area contributed by atoms with E-state index in [4.69, 9.17) is 14.2 Å². The Morgan fingerprint density at radius 2 is 0.480 bits per heavy atom. The Bertz CT molecular complexity index is 1750. The van der Waals surface area contributed by atoms with Crippen LogP contribution in [0.2, 0.25) is 0 Å². The van der Waals surface area contributed by atoms with E-state index in [0.29, 0.717) is 12.8 Å². The highest BCUT2D eigenvalue weighted by Gasteiger charge is 2.19. The van der Waals surface area contributed by atoms with Crippen molar-refractivity contribution in [1.82, 2.24) is 0 Å². The van der Waals surface area contributed by atoms with Crippen molar-refractivity contribution in [3.63, 3.8) is 0 Å². The van der Waals surface area contributed by atoms with Gasteiger partial charge in [0.05, 0.1) is 0 Å². The van der Waals surface area contributed by atoms with E-state index in [1.54, 1.807) is 0 Å². The molecule has 418 valence electrons. The van der Waals surface area contributed by atoms with Crippen molar-refractivity contribution in [1.29, 1.82) is 0 Å². The SMILES string of the molecule is CC/C=C\C/C=C\C/C=C\C/C=C\C/C=C\C/C=C\C/C=C\CCCCCC(=O)OCC(COC(=O)CCCCCCC/C=C\C/C=C\C/C=C\CC)OC(=O)CCCCCC/C=C\C/C=C\C/C=C\C/C=C\CC. The van der Waals surface area contributed by atoms with Crippen LogP contribution in [0.1, 0.15) is 226 Å². The van der Waals surface area contributed by atoms with Gasteiger partial charge in [0, 0.05) is 19.3 Å². The van der Waals surface area contributed by atoms with Gasteiger partial charge in [-0.15, -0.1) is 0 Å². The third-order valence-electron chi connectivity index (χ3n) is 11.7. The van der Waals surface area contributed by atoms with Gasteiger partial charge >= 0.3 is 17.9 Å². The second kappa shape index (κ2) is 61.3. The summed E-state index contributed by atoms with van der Waals surface area (Å²) in [5.74, 6) is -0.999. The van der Waals surface area contributed by atoms with E-state index in [1.165, 1.54) is 0 Å². The molecule has 0 saturated heterocycles. The first kappa shape index (κ1) is 69.8. The number of carbonyl (C=O) groups excluding carboxylic acids is 3. The quantitative estimate of drug-likeness (QED) is 0.0261. The summed E-state index contributed by atoms with van der Waals surface area (Å²) >= 11 is 0. The van der Waals surface area contributed by atoms with Gasteiger partial charge in [0.15, 0.2) is 6.10 Å². The molecule has 1 atom stereocenters. The molecule has 1 unspecified atom stereocenters. The van der Waals surface area contributed by atoms with Gasteiger partial charge in [-0.05, 0) is 148 Å². The molecule has 0 N–H and O–H groups in total. The zero-order valence-corrected chi connectivity index (χ0v) is 47.7. The maximum absolute atomic E-state index is 12.9. The van der Waals surface area contributed by atoms with Gasteiger partial charge < -0.3 is 14.2 Å². The number of carbonyl (C=O) groups is 3. The molecule has 0 spiro atoms. The van der Waals surface area contributed by atoms with E-state index in [9.17, 15) is 14.4 Å². The van der Waals surface area contributed by atoms with Crippen LogP contribution in [0.4, 0.5) is 0 Å². The standard InChI is InChI=1S/C69H106O6/c1-4-7-10-13-16-19-22-25-28-30-31-32-33-34-35-36-37-39-41-44-47-50-53-56-59-62-68(71)74-65-66(64-73-67(70)61-58-55-52-49-46-43-40-27-24-21-18-15-12-9-6-3)75-69(72)63-60-57-54-51-48-45-42-38-29-26-23-20-17-14-11-8-5-2/h7-12,16-21,25-29,31-32,34-35,37,39-40,42,44-45,47,66H,4-6,13-15,22-24,30,33,36,38,41,43,46,48-65H2,1-3H3/b10-7-,11-8-,12-9-,19-16-,20-17-,21-18-,28-25-,29-26-,32-31-,35-34-,39-37-,40-27-,45-42-,47-44-. The number of allylic oxidation sites excluding steroid dienone is 28. The summed E-state index contributed by atoms with van der Waals surface area (Å²) < 4.78 is 16.8. The van der Waals surface area contributed by atoms with Crippen molar-refractivity contribution in [3.05, 3.63) is 170 Å². The summed E-state index contributed by atoms with van der Waals surface area (Å²) in [7, 11) is 0. The Balaban J connectivity index is 4.53.